The molecule has 1 aromatic carbocycles. The number of aliphatic hydroxyl groups is 3. The van der Waals surface area contributed by atoms with Gasteiger partial charge in [0.1, 0.15) is 12.2 Å². The number of aliphatic hydroxyl groups excluding tert-OH is 3. The molecule has 0 bridgehead atoms. The standard InChI is InChI=1S/C12H13F3O3S2/c13-12(14,15)6-1-3-7(4-2-6)20-11-10(18)9(17)8(16)5-19-11/h1-4,8-11,16-18H,5H2/t8-,9+,10-,11+/m1/s1. The molecule has 4 atom stereocenters. The Bertz CT molecular complexity index is 452. The van der Waals surface area contributed by atoms with Crippen LogP contribution in [0.1, 0.15) is 5.56 Å². The highest BCUT2D eigenvalue weighted by Gasteiger charge is 2.37. The van der Waals surface area contributed by atoms with Gasteiger partial charge in [0.05, 0.1) is 16.2 Å². The lowest BCUT2D eigenvalue weighted by Crippen LogP contribution is -2.47. The molecule has 3 nitrogen and oxygen atoms in total. The van der Waals surface area contributed by atoms with E-state index < -0.39 is 34.6 Å². The fourth-order valence-corrected chi connectivity index (χ4v) is 4.38. The molecule has 3 N–H and O–H groups in total. The zero-order chi connectivity index (χ0) is 14.9. The summed E-state index contributed by atoms with van der Waals surface area (Å²) in [5.74, 6) is 0.274. The summed E-state index contributed by atoms with van der Waals surface area (Å²) in [6.07, 6.45) is -7.72. The molecule has 112 valence electrons. The van der Waals surface area contributed by atoms with Crippen molar-refractivity contribution in [3.05, 3.63) is 29.8 Å². The molecule has 0 aromatic heterocycles. The summed E-state index contributed by atoms with van der Waals surface area (Å²) in [7, 11) is 0. The molecule has 0 radical (unpaired) electrons. The molecule has 1 heterocycles. The van der Waals surface area contributed by atoms with E-state index in [0.29, 0.717) is 4.90 Å². The van der Waals surface area contributed by atoms with Crippen molar-refractivity contribution in [1.29, 1.82) is 0 Å². The number of thioether (sulfide) groups is 2. The molecule has 0 saturated carbocycles. The maximum atomic E-state index is 12.4. The van der Waals surface area contributed by atoms with Crippen molar-refractivity contribution in [2.45, 2.75) is 34.0 Å². The second-order valence-corrected chi connectivity index (χ2v) is 7.08. The molecule has 0 amide bonds. The lowest BCUT2D eigenvalue weighted by Gasteiger charge is -2.34. The molecular formula is C12H13F3O3S2. The highest BCUT2D eigenvalue weighted by atomic mass is 32.2. The molecule has 20 heavy (non-hydrogen) atoms. The molecule has 8 heteroatoms. The molecule has 1 aliphatic heterocycles. The Morgan fingerprint density at radius 2 is 1.65 bits per heavy atom. The number of alkyl halides is 3. The summed E-state index contributed by atoms with van der Waals surface area (Å²) in [5.41, 5.74) is -0.728. The lowest BCUT2D eigenvalue weighted by atomic mass is 10.1. The van der Waals surface area contributed by atoms with E-state index in [1.165, 1.54) is 35.7 Å². The second kappa shape index (κ2) is 6.15. The summed E-state index contributed by atoms with van der Waals surface area (Å²) in [5, 5.41) is 28.8. The first-order chi connectivity index (χ1) is 9.29. The first-order valence-electron chi connectivity index (χ1n) is 5.79. The van der Waals surface area contributed by atoms with Crippen LogP contribution in [-0.4, -0.2) is 44.0 Å². The van der Waals surface area contributed by atoms with Crippen LogP contribution in [0.3, 0.4) is 0 Å². The van der Waals surface area contributed by atoms with Gasteiger partial charge in [0.2, 0.25) is 0 Å². The summed E-state index contributed by atoms with van der Waals surface area (Å²) in [4.78, 5) is 0.568. The Hall–Kier alpha value is -0.410. The van der Waals surface area contributed by atoms with E-state index >= 15 is 0 Å². The van der Waals surface area contributed by atoms with Crippen molar-refractivity contribution in [2.75, 3.05) is 5.75 Å². The minimum absolute atomic E-state index is 0.274. The van der Waals surface area contributed by atoms with Gasteiger partial charge in [-0.1, -0.05) is 0 Å². The van der Waals surface area contributed by atoms with Gasteiger partial charge >= 0.3 is 6.18 Å². The molecule has 1 saturated heterocycles. The summed E-state index contributed by atoms with van der Waals surface area (Å²) in [6.45, 7) is 0. The molecule has 0 spiro atoms. The summed E-state index contributed by atoms with van der Waals surface area (Å²) < 4.78 is 36.8. The topological polar surface area (TPSA) is 60.7 Å². The van der Waals surface area contributed by atoms with E-state index in [9.17, 15) is 28.5 Å². The summed E-state index contributed by atoms with van der Waals surface area (Å²) >= 11 is 2.44. The van der Waals surface area contributed by atoms with Gasteiger partial charge in [0.25, 0.3) is 0 Å². The van der Waals surface area contributed by atoms with Crippen molar-refractivity contribution < 1.29 is 28.5 Å². The fourth-order valence-electron chi connectivity index (χ4n) is 1.74. The average Bonchev–Trinajstić information content (AvgIpc) is 2.39. The number of halogens is 3. The minimum Gasteiger partial charge on any atom is -0.389 e. The van der Waals surface area contributed by atoms with Crippen molar-refractivity contribution in [3.8, 4) is 0 Å². The van der Waals surface area contributed by atoms with E-state index in [-0.39, 0.29) is 5.75 Å². The van der Waals surface area contributed by atoms with Gasteiger partial charge < -0.3 is 15.3 Å². The molecule has 0 unspecified atom stereocenters. The van der Waals surface area contributed by atoms with Crippen LogP contribution in [0, 0.1) is 0 Å². The highest BCUT2D eigenvalue weighted by molar-refractivity contribution is 8.17. The average molecular weight is 326 g/mol. The van der Waals surface area contributed by atoms with Crippen LogP contribution in [0.25, 0.3) is 0 Å². The SMILES string of the molecule is O[C@@H]1[C@@H](O)[C@H](Sc2ccc(C(F)(F)F)cc2)SC[C@H]1O. The Labute approximate surface area is 122 Å². The van der Waals surface area contributed by atoms with Crippen LogP contribution in [0.5, 0.6) is 0 Å². The van der Waals surface area contributed by atoms with Gasteiger partial charge in [-0.3, -0.25) is 0 Å². The first kappa shape index (κ1) is 16.0. The van der Waals surface area contributed by atoms with Crippen molar-refractivity contribution in [3.63, 3.8) is 0 Å². The maximum Gasteiger partial charge on any atom is 0.416 e. The van der Waals surface area contributed by atoms with E-state index in [4.69, 9.17) is 0 Å². The van der Waals surface area contributed by atoms with E-state index in [2.05, 4.69) is 0 Å². The smallest absolute Gasteiger partial charge is 0.389 e. The molecule has 2 rings (SSSR count). The quantitative estimate of drug-likeness (QED) is 0.775. The number of rotatable bonds is 2. The molecule has 1 aliphatic rings. The Balaban J connectivity index is 2.03. The summed E-state index contributed by atoms with van der Waals surface area (Å²) in [6, 6.07) is 4.62. The van der Waals surface area contributed by atoms with E-state index in [0.717, 1.165) is 12.1 Å². The maximum absolute atomic E-state index is 12.4. The third-order valence-corrected chi connectivity index (χ3v) is 5.78. The predicted molar refractivity (Wildman–Crippen MR) is 71.6 cm³/mol. The number of hydrogen-bond acceptors (Lipinski definition) is 5. The number of hydrogen-bond donors (Lipinski definition) is 3. The Morgan fingerprint density at radius 3 is 2.20 bits per heavy atom. The van der Waals surface area contributed by atoms with Gasteiger partial charge in [-0.25, -0.2) is 0 Å². The minimum atomic E-state index is -4.37. The van der Waals surface area contributed by atoms with Crippen LogP contribution in [0.4, 0.5) is 13.2 Å². The Morgan fingerprint density at radius 1 is 1.05 bits per heavy atom. The lowest BCUT2D eigenvalue weighted by molar-refractivity contribution is -0.137. The van der Waals surface area contributed by atoms with Crippen LogP contribution in [-0.2, 0) is 6.18 Å². The van der Waals surface area contributed by atoms with Gasteiger partial charge in [0, 0.05) is 10.6 Å². The van der Waals surface area contributed by atoms with Gasteiger partial charge in [0.15, 0.2) is 0 Å². The first-order valence-corrected chi connectivity index (χ1v) is 7.71. The predicted octanol–water partition coefficient (Wildman–Crippen LogP) is 1.95. The third-order valence-electron chi connectivity index (χ3n) is 2.89. The number of benzene rings is 1. The normalized spacial score (nSPS) is 31.3. The molecular weight excluding hydrogens is 313 g/mol. The van der Waals surface area contributed by atoms with Crippen molar-refractivity contribution >= 4 is 23.5 Å². The highest BCUT2D eigenvalue weighted by Crippen LogP contribution is 2.39. The monoisotopic (exact) mass is 326 g/mol. The fraction of sp³-hybridized carbons (Fsp3) is 0.500. The van der Waals surface area contributed by atoms with Gasteiger partial charge in [-0.2, -0.15) is 13.2 Å². The largest absolute Gasteiger partial charge is 0.416 e. The molecule has 1 fully saturated rings. The zero-order valence-corrected chi connectivity index (χ0v) is 11.8. The van der Waals surface area contributed by atoms with Gasteiger partial charge in [-0.15, -0.1) is 23.5 Å². The zero-order valence-electron chi connectivity index (χ0n) is 10.1. The second-order valence-electron chi connectivity index (χ2n) is 4.39. The van der Waals surface area contributed by atoms with E-state index in [1.54, 1.807) is 0 Å². The van der Waals surface area contributed by atoms with E-state index in [1.807, 2.05) is 0 Å². The third kappa shape index (κ3) is 3.62. The van der Waals surface area contributed by atoms with Crippen LogP contribution in [0.15, 0.2) is 29.2 Å². The van der Waals surface area contributed by atoms with Crippen molar-refractivity contribution in [1.82, 2.24) is 0 Å². The van der Waals surface area contributed by atoms with Crippen LogP contribution in [0.2, 0.25) is 0 Å². The molecule has 1 aromatic rings. The Kier molecular flexibility index (Phi) is 4.91. The van der Waals surface area contributed by atoms with Crippen molar-refractivity contribution in [2.24, 2.45) is 0 Å². The van der Waals surface area contributed by atoms with Crippen LogP contribution < -0.4 is 0 Å². The molecule has 0 aliphatic carbocycles. The van der Waals surface area contributed by atoms with Crippen LogP contribution >= 0.6 is 23.5 Å². The van der Waals surface area contributed by atoms with Gasteiger partial charge in [-0.05, 0) is 24.3 Å².